The average Bonchev–Trinajstić information content (AvgIpc) is 3.28. The van der Waals surface area contributed by atoms with Crippen molar-refractivity contribution in [3.63, 3.8) is 0 Å². The maximum Gasteiger partial charge on any atom is 0.244 e. The van der Waals surface area contributed by atoms with Gasteiger partial charge in [-0.25, -0.2) is 13.4 Å². The first kappa shape index (κ1) is 21.0. The molecule has 2 aromatic heterocycles. The SMILES string of the molecule is CCc1ccc(-c2noc(CSc3ccc(S(=O)(=O)N4CCCCC4)cn3)n2)cc1. The third-order valence-corrected chi connectivity index (χ3v) is 7.90. The van der Waals surface area contributed by atoms with Crippen LogP contribution >= 0.6 is 11.8 Å². The number of thioether (sulfide) groups is 1. The van der Waals surface area contributed by atoms with Gasteiger partial charge in [0.05, 0.1) is 10.8 Å². The van der Waals surface area contributed by atoms with Gasteiger partial charge in [0.1, 0.15) is 4.90 Å². The molecule has 3 heterocycles. The minimum atomic E-state index is -3.46. The van der Waals surface area contributed by atoms with Crippen LogP contribution < -0.4 is 0 Å². The van der Waals surface area contributed by atoms with Crippen molar-refractivity contribution in [1.29, 1.82) is 0 Å². The molecule has 1 aliphatic heterocycles. The van der Waals surface area contributed by atoms with E-state index in [1.165, 1.54) is 23.5 Å². The van der Waals surface area contributed by atoms with E-state index < -0.39 is 10.0 Å². The fraction of sp³-hybridized carbons (Fsp3) is 0.381. The van der Waals surface area contributed by atoms with Crippen LogP contribution in [0, 0.1) is 0 Å². The maximum absolute atomic E-state index is 12.7. The normalized spacial score (nSPS) is 15.4. The fourth-order valence-corrected chi connectivity index (χ4v) is 5.46. The van der Waals surface area contributed by atoms with Crippen LogP contribution in [-0.4, -0.2) is 40.9 Å². The lowest BCUT2D eigenvalue weighted by atomic mass is 10.1. The number of rotatable bonds is 7. The van der Waals surface area contributed by atoms with Gasteiger partial charge in [0, 0.05) is 24.8 Å². The molecule has 1 fully saturated rings. The summed E-state index contributed by atoms with van der Waals surface area (Å²) >= 11 is 1.43. The van der Waals surface area contributed by atoms with Crippen LogP contribution in [0.25, 0.3) is 11.4 Å². The lowest BCUT2D eigenvalue weighted by Crippen LogP contribution is -2.35. The minimum Gasteiger partial charge on any atom is -0.338 e. The van der Waals surface area contributed by atoms with Gasteiger partial charge in [-0.15, -0.1) is 0 Å². The number of sulfonamides is 1. The predicted molar refractivity (Wildman–Crippen MR) is 116 cm³/mol. The predicted octanol–water partition coefficient (Wildman–Crippen LogP) is 4.16. The Kier molecular flexibility index (Phi) is 6.50. The van der Waals surface area contributed by atoms with Gasteiger partial charge in [-0.1, -0.05) is 54.5 Å². The average molecular weight is 445 g/mol. The van der Waals surface area contributed by atoms with Gasteiger partial charge in [-0.2, -0.15) is 9.29 Å². The van der Waals surface area contributed by atoms with Crippen LogP contribution in [0.4, 0.5) is 0 Å². The first-order valence-corrected chi connectivity index (χ1v) is 12.5. The van der Waals surface area contributed by atoms with Crippen molar-refractivity contribution in [1.82, 2.24) is 19.4 Å². The number of hydrogen-bond acceptors (Lipinski definition) is 7. The van der Waals surface area contributed by atoms with Crippen LogP contribution in [0.3, 0.4) is 0 Å². The van der Waals surface area contributed by atoms with Crippen LogP contribution in [0.2, 0.25) is 0 Å². The van der Waals surface area contributed by atoms with Crippen molar-refractivity contribution < 1.29 is 12.9 Å². The highest BCUT2D eigenvalue weighted by Crippen LogP contribution is 2.25. The highest BCUT2D eigenvalue weighted by atomic mass is 32.2. The van der Waals surface area contributed by atoms with Crippen LogP contribution in [-0.2, 0) is 22.2 Å². The number of hydrogen-bond donors (Lipinski definition) is 0. The summed E-state index contributed by atoms with van der Waals surface area (Å²) in [5.74, 6) is 1.52. The van der Waals surface area contributed by atoms with E-state index >= 15 is 0 Å². The van der Waals surface area contributed by atoms with E-state index in [0.717, 1.165) is 31.2 Å². The largest absolute Gasteiger partial charge is 0.338 e. The Morgan fingerprint density at radius 3 is 2.50 bits per heavy atom. The Balaban J connectivity index is 1.38. The molecule has 0 aliphatic carbocycles. The third kappa shape index (κ3) is 4.74. The summed E-state index contributed by atoms with van der Waals surface area (Å²) in [5, 5.41) is 4.76. The summed E-state index contributed by atoms with van der Waals surface area (Å²) in [6, 6.07) is 11.4. The van der Waals surface area contributed by atoms with Gasteiger partial charge >= 0.3 is 0 Å². The molecule has 1 aliphatic rings. The van der Waals surface area contributed by atoms with Gasteiger partial charge in [0.2, 0.25) is 21.7 Å². The van der Waals surface area contributed by atoms with E-state index in [4.69, 9.17) is 4.52 Å². The van der Waals surface area contributed by atoms with E-state index in [0.29, 0.717) is 35.6 Å². The fourth-order valence-electron chi connectivity index (χ4n) is 3.31. The molecule has 0 N–H and O–H groups in total. The van der Waals surface area contributed by atoms with Crippen molar-refractivity contribution in [2.75, 3.05) is 13.1 Å². The van der Waals surface area contributed by atoms with Crippen LogP contribution in [0.1, 0.15) is 37.6 Å². The first-order valence-electron chi connectivity index (χ1n) is 10.1. The lowest BCUT2D eigenvalue weighted by molar-refractivity contribution is 0.346. The van der Waals surface area contributed by atoms with E-state index in [1.54, 1.807) is 16.4 Å². The summed E-state index contributed by atoms with van der Waals surface area (Å²) in [6.45, 7) is 3.28. The third-order valence-electron chi connectivity index (χ3n) is 5.09. The molecule has 0 radical (unpaired) electrons. The summed E-state index contributed by atoms with van der Waals surface area (Å²) < 4.78 is 32.3. The number of pyridine rings is 1. The topological polar surface area (TPSA) is 89.2 Å². The highest BCUT2D eigenvalue weighted by molar-refractivity contribution is 7.98. The molecular weight excluding hydrogens is 420 g/mol. The number of aromatic nitrogens is 3. The molecule has 0 atom stereocenters. The number of benzene rings is 1. The molecule has 158 valence electrons. The van der Waals surface area contributed by atoms with Gasteiger partial charge in [0.15, 0.2) is 0 Å². The molecule has 1 aromatic carbocycles. The van der Waals surface area contributed by atoms with E-state index in [2.05, 4.69) is 34.2 Å². The lowest BCUT2D eigenvalue weighted by Gasteiger charge is -2.25. The van der Waals surface area contributed by atoms with Crippen molar-refractivity contribution in [3.8, 4) is 11.4 Å². The van der Waals surface area contributed by atoms with E-state index in [-0.39, 0.29) is 4.90 Å². The summed E-state index contributed by atoms with van der Waals surface area (Å²) in [7, 11) is -3.46. The second-order valence-electron chi connectivity index (χ2n) is 7.15. The van der Waals surface area contributed by atoms with E-state index in [9.17, 15) is 8.42 Å². The van der Waals surface area contributed by atoms with Crippen LogP contribution in [0.15, 0.2) is 57.0 Å². The smallest absolute Gasteiger partial charge is 0.244 e. The number of piperidine rings is 1. The molecule has 9 heteroatoms. The molecule has 0 amide bonds. The molecule has 0 spiro atoms. The Morgan fingerprint density at radius 1 is 1.07 bits per heavy atom. The van der Waals surface area contributed by atoms with Crippen LogP contribution in [0.5, 0.6) is 0 Å². The molecule has 30 heavy (non-hydrogen) atoms. The number of aryl methyl sites for hydroxylation is 1. The van der Waals surface area contributed by atoms with Gasteiger partial charge < -0.3 is 4.52 Å². The summed E-state index contributed by atoms with van der Waals surface area (Å²) in [5.41, 5.74) is 2.17. The molecular formula is C21H24N4O3S2. The van der Waals surface area contributed by atoms with E-state index in [1.807, 2.05) is 12.1 Å². The maximum atomic E-state index is 12.7. The Hall–Kier alpha value is -2.23. The van der Waals surface area contributed by atoms with Gasteiger partial charge in [0.25, 0.3) is 0 Å². The van der Waals surface area contributed by atoms with Crippen molar-refractivity contribution in [2.45, 2.75) is 48.3 Å². The van der Waals surface area contributed by atoms with Crippen molar-refractivity contribution in [2.24, 2.45) is 0 Å². The minimum absolute atomic E-state index is 0.240. The highest BCUT2D eigenvalue weighted by Gasteiger charge is 2.26. The zero-order valence-electron chi connectivity index (χ0n) is 16.8. The standard InChI is InChI=1S/C21H24N4O3S2/c1-2-16-6-8-17(9-7-16)21-23-19(28-24-21)15-29-20-11-10-18(14-22-20)30(26,27)25-12-4-3-5-13-25/h6-11,14H,2-5,12-13,15H2,1H3. The molecule has 1 saturated heterocycles. The molecule has 4 rings (SSSR count). The Bertz CT molecular complexity index is 1070. The Morgan fingerprint density at radius 2 is 1.83 bits per heavy atom. The quantitative estimate of drug-likeness (QED) is 0.506. The van der Waals surface area contributed by atoms with Crippen molar-refractivity contribution >= 4 is 21.8 Å². The van der Waals surface area contributed by atoms with Gasteiger partial charge in [-0.05, 0) is 37.0 Å². The zero-order valence-corrected chi connectivity index (χ0v) is 18.5. The second-order valence-corrected chi connectivity index (χ2v) is 10.1. The summed E-state index contributed by atoms with van der Waals surface area (Å²) in [6.07, 6.45) is 5.33. The second kappa shape index (κ2) is 9.28. The number of nitrogens with zero attached hydrogens (tertiary/aromatic N) is 4. The van der Waals surface area contributed by atoms with Gasteiger partial charge in [-0.3, -0.25) is 0 Å². The molecule has 0 unspecified atom stereocenters. The molecule has 0 bridgehead atoms. The van der Waals surface area contributed by atoms with Crippen molar-refractivity contribution in [3.05, 3.63) is 54.0 Å². The molecule has 0 saturated carbocycles. The first-order chi connectivity index (χ1) is 14.6. The molecule has 7 nitrogen and oxygen atoms in total. The molecule has 3 aromatic rings. The summed E-state index contributed by atoms with van der Waals surface area (Å²) in [4.78, 5) is 8.99. The Labute approximate surface area is 181 Å². The monoisotopic (exact) mass is 444 g/mol. The zero-order chi connectivity index (χ0) is 21.0.